The monoisotopic (exact) mass is 285 g/mol. The smallest absolute Gasteiger partial charge is 0.248 e. The van der Waals surface area contributed by atoms with E-state index in [1.807, 2.05) is 0 Å². The number of halogens is 1. The number of nitrogens with one attached hydrogen (secondary N) is 1. The number of rotatable bonds is 4. The van der Waals surface area contributed by atoms with Crippen molar-refractivity contribution in [1.82, 2.24) is 19.5 Å². The Morgan fingerprint density at radius 2 is 2.21 bits per heavy atom. The van der Waals surface area contributed by atoms with Crippen LogP contribution in [0.25, 0.3) is 0 Å². The first kappa shape index (κ1) is 13.4. The number of aromatic amines is 1. The fourth-order valence-electron chi connectivity index (χ4n) is 1.56. The summed E-state index contributed by atoms with van der Waals surface area (Å²) in [6.07, 6.45) is 1.26. The van der Waals surface area contributed by atoms with Gasteiger partial charge in [-0.15, -0.1) is 0 Å². The molecule has 0 atom stereocenters. The van der Waals surface area contributed by atoms with Gasteiger partial charge in [0.05, 0.1) is 12.2 Å². The highest BCUT2D eigenvalue weighted by molar-refractivity contribution is 7.89. The van der Waals surface area contributed by atoms with E-state index >= 15 is 0 Å². The number of nitrogens with zero attached hydrogens (tertiary/aromatic N) is 3. The Balaban J connectivity index is 2.37. The van der Waals surface area contributed by atoms with Crippen molar-refractivity contribution in [2.75, 3.05) is 12.8 Å². The van der Waals surface area contributed by atoms with Crippen LogP contribution in [0, 0.1) is 5.82 Å². The van der Waals surface area contributed by atoms with Gasteiger partial charge in [0.25, 0.3) is 0 Å². The van der Waals surface area contributed by atoms with Gasteiger partial charge in [0.2, 0.25) is 10.0 Å². The van der Waals surface area contributed by atoms with Crippen molar-refractivity contribution in [2.45, 2.75) is 11.4 Å². The van der Waals surface area contributed by atoms with Crippen molar-refractivity contribution < 1.29 is 12.8 Å². The molecule has 1 aromatic carbocycles. The van der Waals surface area contributed by atoms with E-state index in [0.29, 0.717) is 5.82 Å². The average molecular weight is 285 g/mol. The molecule has 0 saturated heterocycles. The number of anilines is 1. The van der Waals surface area contributed by atoms with Crippen LogP contribution < -0.4 is 5.73 Å². The van der Waals surface area contributed by atoms with Gasteiger partial charge in [-0.2, -0.15) is 9.40 Å². The summed E-state index contributed by atoms with van der Waals surface area (Å²) in [5.74, 6) is -0.537. The van der Waals surface area contributed by atoms with E-state index in [1.54, 1.807) is 0 Å². The predicted molar refractivity (Wildman–Crippen MR) is 65.8 cm³/mol. The Kier molecular flexibility index (Phi) is 3.49. The van der Waals surface area contributed by atoms with Crippen LogP contribution >= 0.6 is 0 Å². The van der Waals surface area contributed by atoms with Gasteiger partial charge in [0.15, 0.2) is 0 Å². The predicted octanol–water partition coefficient (Wildman–Crippen LogP) is 0.347. The van der Waals surface area contributed by atoms with Crippen molar-refractivity contribution in [3.8, 4) is 0 Å². The van der Waals surface area contributed by atoms with Crippen LogP contribution in [0.5, 0.6) is 0 Å². The maximum absolute atomic E-state index is 13.7. The van der Waals surface area contributed by atoms with E-state index in [9.17, 15) is 12.8 Å². The van der Waals surface area contributed by atoms with E-state index in [4.69, 9.17) is 5.73 Å². The minimum absolute atomic E-state index is 0.0594. The third-order valence-electron chi connectivity index (χ3n) is 2.50. The van der Waals surface area contributed by atoms with E-state index < -0.39 is 20.7 Å². The molecule has 3 N–H and O–H groups in total. The highest BCUT2D eigenvalue weighted by atomic mass is 32.2. The third kappa shape index (κ3) is 2.56. The minimum Gasteiger partial charge on any atom is -0.398 e. The largest absolute Gasteiger partial charge is 0.398 e. The van der Waals surface area contributed by atoms with Crippen LogP contribution in [0.3, 0.4) is 0 Å². The lowest BCUT2D eigenvalue weighted by molar-refractivity contribution is 0.451. The lowest BCUT2D eigenvalue weighted by Crippen LogP contribution is -2.28. The molecule has 1 heterocycles. The van der Waals surface area contributed by atoms with Crippen molar-refractivity contribution >= 4 is 15.7 Å². The summed E-state index contributed by atoms with van der Waals surface area (Å²) in [5, 5.41) is 6.14. The van der Waals surface area contributed by atoms with E-state index in [0.717, 1.165) is 10.4 Å². The van der Waals surface area contributed by atoms with Crippen molar-refractivity contribution in [2.24, 2.45) is 0 Å². The summed E-state index contributed by atoms with van der Waals surface area (Å²) >= 11 is 0. The normalized spacial score (nSPS) is 11.9. The molecule has 2 rings (SSSR count). The summed E-state index contributed by atoms with van der Waals surface area (Å²) in [7, 11) is -2.72. The second-order valence-electron chi connectivity index (χ2n) is 3.85. The first-order chi connectivity index (χ1) is 8.93. The van der Waals surface area contributed by atoms with E-state index in [1.165, 1.54) is 25.5 Å². The molecular weight excluding hydrogens is 273 g/mol. The Labute approximate surface area is 109 Å². The molecule has 19 heavy (non-hydrogen) atoms. The number of hydrogen-bond donors (Lipinski definition) is 2. The van der Waals surface area contributed by atoms with Crippen LogP contribution in [0.1, 0.15) is 5.82 Å². The van der Waals surface area contributed by atoms with Crippen molar-refractivity contribution in [3.05, 3.63) is 36.2 Å². The molecule has 0 unspecified atom stereocenters. The van der Waals surface area contributed by atoms with Crippen LogP contribution in [-0.2, 0) is 16.6 Å². The number of H-pyrrole nitrogens is 1. The standard InChI is InChI=1S/C10H12FN5O2S/c1-16(5-9-13-6-14-15-9)19(17,18)10-7(11)3-2-4-8(10)12/h2-4,6H,5,12H2,1H3,(H,13,14,15). The number of benzene rings is 1. The average Bonchev–Trinajstić information content (AvgIpc) is 2.81. The van der Waals surface area contributed by atoms with Crippen LogP contribution in [0.15, 0.2) is 29.4 Å². The van der Waals surface area contributed by atoms with Crippen LogP contribution in [-0.4, -0.2) is 35.0 Å². The highest BCUT2D eigenvalue weighted by Crippen LogP contribution is 2.25. The first-order valence-electron chi connectivity index (χ1n) is 5.27. The number of aromatic nitrogens is 3. The second kappa shape index (κ2) is 4.94. The number of nitrogen functional groups attached to an aromatic ring is 1. The van der Waals surface area contributed by atoms with Crippen LogP contribution in [0.2, 0.25) is 0 Å². The molecule has 9 heteroatoms. The highest BCUT2D eigenvalue weighted by Gasteiger charge is 2.27. The first-order valence-corrected chi connectivity index (χ1v) is 6.71. The summed E-state index contributed by atoms with van der Waals surface area (Å²) in [5.41, 5.74) is 5.40. The Morgan fingerprint density at radius 3 is 2.79 bits per heavy atom. The van der Waals surface area contributed by atoms with Gasteiger partial charge in [0.1, 0.15) is 22.9 Å². The molecule has 0 radical (unpaired) electrons. The van der Waals surface area contributed by atoms with Gasteiger partial charge in [-0.3, -0.25) is 5.10 Å². The number of nitrogens with two attached hydrogens (primary N) is 1. The quantitative estimate of drug-likeness (QED) is 0.788. The number of hydrogen-bond acceptors (Lipinski definition) is 5. The molecule has 0 aliphatic rings. The molecule has 7 nitrogen and oxygen atoms in total. The zero-order valence-electron chi connectivity index (χ0n) is 10.0. The van der Waals surface area contributed by atoms with E-state index in [-0.39, 0.29) is 12.2 Å². The SMILES string of the molecule is CN(Cc1ncn[nH]1)S(=O)(=O)c1c(N)cccc1F. The fourth-order valence-corrected chi connectivity index (χ4v) is 2.84. The zero-order chi connectivity index (χ0) is 14.0. The minimum atomic E-state index is -4.03. The van der Waals surface area contributed by atoms with Gasteiger partial charge >= 0.3 is 0 Å². The molecule has 0 fully saturated rings. The lowest BCUT2D eigenvalue weighted by atomic mass is 10.3. The molecular formula is C10H12FN5O2S. The summed E-state index contributed by atoms with van der Waals surface area (Å²) < 4.78 is 39.1. The fraction of sp³-hybridized carbons (Fsp3) is 0.200. The summed E-state index contributed by atoms with van der Waals surface area (Å²) in [6, 6.07) is 3.73. The molecule has 0 amide bonds. The van der Waals surface area contributed by atoms with Crippen LogP contribution in [0.4, 0.5) is 10.1 Å². The molecule has 0 aliphatic heterocycles. The van der Waals surface area contributed by atoms with Gasteiger partial charge in [0, 0.05) is 7.05 Å². The molecule has 0 bridgehead atoms. The van der Waals surface area contributed by atoms with Gasteiger partial charge in [-0.1, -0.05) is 6.07 Å². The number of sulfonamides is 1. The molecule has 102 valence electrons. The molecule has 2 aromatic rings. The van der Waals surface area contributed by atoms with Gasteiger partial charge in [-0.05, 0) is 12.1 Å². The molecule has 0 spiro atoms. The maximum atomic E-state index is 13.7. The van der Waals surface area contributed by atoms with E-state index in [2.05, 4.69) is 15.2 Å². The summed E-state index contributed by atoms with van der Waals surface area (Å²) in [4.78, 5) is 3.28. The molecule has 0 saturated carbocycles. The lowest BCUT2D eigenvalue weighted by Gasteiger charge is -2.17. The van der Waals surface area contributed by atoms with Gasteiger partial charge < -0.3 is 5.73 Å². The Hall–Kier alpha value is -2.00. The second-order valence-corrected chi connectivity index (χ2v) is 5.83. The van der Waals surface area contributed by atoms with Crippen molar-refractivity contribution in [3.63, 3.8) is 0 Å². The molecule has 1 aromatic heterocycles. The zero-order valence-corrected chi connectivity index (χ0v) is 10.9. The third-order valence-corrected chi connectivity index (χ3v) is 4.40. The van der Waals surface area contributed by atoms with Crippen molar-refractivity contribution in [1.29, 1.82) is 0 Å². The molecule has 0 aliphatic carbocycles. The Bertz CT molecular complexity index is 651. The Morgan fingerprint density at radius 1 is 1.47 bits per heavy atom. The summed E-state index contributed by atoms with van der Waals surface area (Å²) in [6.45, 7) is -0.0594. The topological polar surface area (TPSA) is 105 Å². The maximum Gasteiger partial charge on any atom is 0.248 e. The van der Waals surface area contributed by atoms with Gasteiger partial charge in [-0.25, -0.2) is 17.8 Å².